The third-order valence-electron chi connectivity index (χ3n) is 8.20. The Morgan fingerprint density at radius 2 is 1.95 bits per heavy atom. The van der Waals surface area contributed by atoms with E-state index in [2.05, 4.69) is 20.2 Å². The number of amides is 2. The standard InChI is InChI=1S/C27H33FN6O3/c1-16(30-26-29-10-9-25(31-26)34-24(18-3-4-18)15-37-27(34)36)19-5-6-20(23(28)11-19)12-32-13-21-7-8-22(14-32)33(21)17(2)35/h5-6,9-11,16,18,21-22,24H,3-4,7-8,12-15H2,1-2H3,(H,29,30,31)/t16-,21?,22?,24+/m0/s1. The van der Waals surface area contributed by atoms with Gasteiger partial charge in [0.2, 0.25) is 11.9 Å². The van der Waals surface area contributed by atoms with Crippen LogP contribution in [0.3, 0.4) is 0 Å². The summed E-state index contributed by atoms with van der Waals surface area (Å²) in [6.07, 6.45) is 5.49. The van der Waals surface area contributed by atoms with E-state index in [1.165, 1.54) is 0 Å². The lowest BCUT2D eigenvalue weighted by Gasteiger charge is -2.40. The van der Waals surface area contributed by atoms with Crippen LogP contribution in [-0.4, -0.2) is 69.6 Å². The van der Waals surface area contributed by atoms with Gasteiger partial charge in [0.1, 0.15) is 18.2 Å². The SMILES string of the molecule is CC(=O)N1C2CCC1CN(Cc1ccc([C@H](C)Nc3nccc(N4C(=O)OC[C@@H]4C4CC4)n3)cc1F)C2. The molecule has 1 N–H and O–H groups in total. The minimum atomic E-state index is -0.372. The van der Waals surface area contributed by atoms with Crippen LogP contribution in [0.2, 0.25) is 0 Å². The Labute approximate surface area is 216 Å². The van der Waals surface area contributed by atoms with E-state index in [1.807, 2.05) is 24.0 Å². The lowest BCUT2D eigenvalue weighted by Crippen LogP contribution is -2.54. The Bertz CT molecular complexity index is 1190. The number of benzene rings is 1. The number of likely N-dealkylation sites (tertiary alicyclic amines) is 1. The fraction of sp³-hybridized carbons (Fsp3) is 0.556. The van der Waals surface area contributed by atoms with E-state index in [-0.39, 0.29) is 42.0 Å². The first-order chi connectivity index (χ1) is 17.9. The molecule has 10 heteroatoms. The summed E-state index contributed by atoms with van der Waals surface area (Å²) >= 11 is 0. The van der Waals surface area contributed by atoms with Crippen LogP contribution >= 0.6 is 0 Å². The third kappa shape index (κ3) is 4.74. The van der Waals surface area contributed by atoms with Gasteiger partial charge in [-0.1, -0.05) is 12.1 Å². The number of carbonyl (C=O) groups is 2. The Hall–Kier alpha value is -3.27. The number of rotatable bonds is 7. The first-order valence-corrected chi connectivity index (χ1v) is 13.2. The second-order valence-electron chi connectivity index (χ2n) is 10.8. The average Bonchev–Trinajstić information content (AvgIpc) is 3.58. The van der Waals surface area contributed by atoms with Crippen LogP contribution in [0.4, 0.5) is 21.0 Å². The van der Waals surface area contributed by atoms with Crippen molar-refractivity contribution in [1.82, 2.24) is 19.8 Å². The number of nitrogens with zero attached hydrogens (tertiary/aromatic N) is 5. The maximum atomic E-state index is 15.1. The fourth-order valence-electron chi connectivity index (χ4n) is 6.19. The normalized spacial score (nSPS) is 26.4. The quantitative estimate of drug-likeness (QED) is 0.610. The number of carbonyl (C=O) groups excluding carboxylic acids is 2. The molecule has 3 aliphatic heterocycles. The van der Waals surface area contributed by atoms with Crippen LogP contribution in [0, 0.1) is 11.7 Å². The molecule has 196 valence electrons. The van der Waals surface area contributed by atoms with Gasteiger partial charge in [-0.3, -0.25) is 14.6 Å². The van der Waals surface area contributed by atoms with E-state index < -0.39 is 0 Å². The molecule has 2 amide bonds. The predicted molar refractivity (Wildman–Crippen MR) is 135 cm³/mol. The second-order valence-corrected chi connectivity index (χ2v) is 10.8. The van der Waals surface area contributed by atoms with Crippen molar-refractivity contribution in [2.45, 2.75) is 70.2 Å². The number of fused-ring (bicyclic) bond motifs is 2. The van der Waals surface area contributed by atoms with E-state index in [4.69, 9.17) is 4.74 Å². The number of anilines is 2. The summed E-state index contributed by atoms with van der Waals surface area (Å²) in [7, 11) is 0. The molecule has 37 heavy (non-hydrogen) atoms. The molecule has 9 nitrogen and oxygen atoms in total. The van der Waals surface area contributed by atoms with Crippen LogP contribution in [-0.2, 0) is 16.1 Å². The summed E-state index contributed by atoms with van der Waals surface area (Å²) in [6, 6.07) is 7.32. The molecule has 0 spiro atoms. The van der Waals surface area contributed by atoms with Gasteiger partial charge in [0.15, 0.2) is 0 Å². The van der Waals surface area contributed by atoms with Crippen LogP contribution in [0.5, 0.6) is 0 Å². The number of nitrogens with one attached hydrogen (secondary N) is 1. The van der Waals surface area contributed by atoms with E-state index >= 15 is 4.39 Å². The summed E-state index contributed by atoms with van der Waals surface area (Å²) in [4.78, 5) is 39.1. The van der Waals surface area contributed by atoms with Crippen molar-refractivity contribution in [1.29, 1.82) is 0 Å². The maximum absolute atomic E-state index is 15.1. The lowest BCUT2D eigenvalue weighted by atomic mass is 10.0. The van der Waals surface area contributed by atoms with Crippen molar-refractivity contribution in [3.8, 4) is 0 Å². The van der Waals surface area contributed by atoms with Crippen LogP contribution in [0.25, 0.3) is 0 Å². The molecule has 0 radical (unpaired) electrons. The number of hydrogen-bond acceptors (Lipinski definition) is 7. The topological polar surface area (TPSA) is 90.9 Å². The van der Waals surface area contributed by atoms with Gasteiger partial charge >= 0.3 is 6.09 Å². The van der Waals surface area contributed by atoms with Crippen LogP contribution in [0.15, 0.2) is 30.5 Å². The Balaban J connectivity index is 1.11. The summed E-state index contributed by atoms with van der Waals surface area (Å²) < 4.78 is 20.4. The van der Waals surface area contributed by atoms with Crippen molar-refractivity contribution in [3.05, 3.63) is 47.4 Å². The molecule has 4 aliphatic rings. The van der Waals surface area contributed by atoms with Crippen molar-refractivity contribution in [3.63, 3.8) is 0 Å². The van der Waals surface area contributed by atoms with Crippen molar-refractivity contribution < 1.29 is 18.7 Å². The third-order valence-corrected chi connectivity index (χ3v) is 8.20. The van der Waals surface area contributed by atoms with Gasteiger partial charge in [-0.15, -0.1) is 0 Å². The van der Waals surface area contributed by atoms with Crippen molar-refractivity contribution in [2.24, 2.45) is 5.92 Å². The molecular formula is C27H33FN6O3. The summed E-state index contributed by atoms with van der Waals surface area (Å²) in [6.45, 7) is 6.07. The largest absolute Gasteiger partial charge is 0.447 e. The zero-order valence-corrected chi connectivity index (χ0v) is 21.3. The van der Waals surface area contributed by atoms with Gasteiger partial charge < -0.3 is 15.0 Å². The molecule has 4 fully saturated rings. The van der Waals surface area contributed by atoms with Gasteiger partial charge in [0.05, 0.1) is 12.1 Å². The molecule has 3 saturated heterocycles. The molecular weight excluding hydrogens is 475 g/mol. The number of piperazine rings is 1. The monoisotopic (exact) mass is 508 g/mol. The predicted octanol–water partition coefficient (Wildman–Crippen LogP) is 3.72. The first kappa shape index (κ1) is 24.1. The molecule has 4 atom stereocenters. The summed E-state index contributed by atoms with van der Waals surface area (Å²) in [5, 5.41) is 3.24. The molecule has 1 aliphatic carbocycles. The van der Waals surface area contributed by atoms with Gasteiger partial charge in [-0.05, 0) is 56.2 Å². The highest BCUT2D eigenvalue weighted by Gasteiger charge is 2.45. The number of hydrogen-bond donors (Lipinski definition) is 1. The van der Waals surface area contributed by atoms with Gasteiger partial charge in [-0.25, -0.2) is 14.2 Å². The summed E-state index contributed by atoms with van der Waals surface area (Å²) in [5.41, 5.74) is 1.44. The Morgan fingerprint density at radius 1 is 1.19 bits per heavy atom. The number of aromatic nitrogens is 2. The molecule has 2 bridgehead atoms. The minimum Gasteiger partial charge on any atom is -0.447 e. The molecule has 1 saturated carbocycles. The average molecular weight is 509 g/mol. The highest BCUT2D eigenvalue weighted by molar-refractivity contribution is 5.89. The Morgan fingerprint density at radius 3 is 2.62 bits per heavy atom. The molecule has 2 aromatic rings. The van der Waals surface area contributed by atoms with E-state index in [1.54, 1.807) is 30.2 Å². The summed E-state index contributed by atoms with van der Waals surface area (Å²) in [5.74, 6) is 1.26. The molecule has 1 aromatic heterocycles. The van der Waals surface area contributed by atoms with Crippen LogP contribution in [0.1, 0.15) is 56.7 Å². The van der Waals surface area contributed by atoms with Gasteiger partial charge in [0, 0.05) is 50.4 Å². The fourth-order valence-corrected chi connectivity index (χ4v) is 6.19. The first-order valence-electron chi connectivity index (χ1n) is 13.2. The Kier molecular flexibility index (Phi) is 6.22. The molecule has 6 rings (SSSR count). The van der Waals surface area contributed by atoms with E-state index in [9.17, 15) is 9.59 Å². The van der Waals surface area contributed by atoms with Crippen molar-refractivity contribution >= 4 is 23.8 Å². The molecule has 1 aromatic carbocycles. The zero-order chi connectivity index (χ0) is 25.7. The van der Waals surface area contributed by atoms with Gasteiger partial charge in [0.25, 0.3) is 0 Å². The zero-order valence-electron chi connectivity index (χ0n) is 21.3. The lowest BCUT2D eigenvalue weighted by molar-refractivity contribution is -0.134. The number of ether oxygens (including phenoxy) is 1. The minimum absolute atomic E-state index is 0.0231. The smallest absolute Gasteiger partial charge is 0.415 e. The van der Waals surface area contributed by atoms with E-state index in [0.717, 1.165) is 44.3 Å². The second kappa shape index (κ2) is 9.55. The van der Waals surface area contributed by atoms with E-state index in [0.29, 0.717) is 36.4 Å². The highest BCUT2D eigenvalue weighted by atomic mass is 19.1. The van der Waals surface area contributed by atoms with Gasteiger partial charge in [-0.2, -0.15) is 4.98 Å². The highest BCUT2D eigenvalue weighted by Crippen LogP contribution is 2.39. The van der Waals surface area contributed by atoms with Crippen LogP contribution < -0.4 is 10.2 Å². The number of cyclic esters (lactones) is 1. The molecule has 4 heterocycles. The van der Waals surface area contributed by atoms with Crippen molar-refractivity contribution in [2.75, 3.05) is 29.9 Å². The maximum Gasteiger partial charge on any atom is 0.415 e. The number of halogens is 1. The molecule has 2 unspecified atom stereocenters.